The van der Waals surface area contributed by atoms with Gasteiger partial charge in [-0.25, -0.2) is 4.79 Å². The number of para-hydroxylation sites is 1. The van der Waals surface area contributed by atoms with Gasteiger partial charge < -0.3 is 10.2 Å². The molecule has 3 rings (SSSR count). The number of nitrogens with one attached hydrogen (secondary N) is 1. The average Bonchev–Trinajstić information content (AvgIpc) is 2.49. The molecule has 1 fully saturated rings. The zero-order chi connectivity index (χ0) is 13.9. The van der Waals surface area contributed by atoms with Crippen LogP contribution in [0.15, 0.2) is 30.3 Å². The molecule has 0 atom stereocenters. The molecule has 0 radical (unpaired) electrons. The largest absolute Gasteiger partial charge is 0.325 e. The van der Waals surface area contributed by atoms with Crippen LogP contribution in [0.1, 0.15) is 25.0 Å². The van der Waals surface area contributed by atoms with Gasteiger partial charge in [-0.1, -0.05) is 18.2 Å². The van der Waals surface area contributed by atoms with E-state index in [1.807, 2.05) is 42.2 Å². The maximum absolute atomic E-state index is 12.3. The molecule has 1 aromatic heterocycles. The minimum atomic E-state index is -0.0134. The highest BCUT2D eigenvalue weighted by atomic mass is 16.2. The van der Waals surface area contributed by atoms with Crippen molar-refractivity contribution in [3.8, 4) is 0 Å². The third-order valence-electron chi connectivity index (χ3n) is 3.74. The van der Waals surface area contributed by atoms with E-state index in [4.69, 9.17) is 0 Å². The van der Waals surface area contributed by atoms with Crippen LogP contribution in [0, 0.1) is 6.92 Å². The highest BCUT2D eigenvalue weighted by Gasteiger charge is 2.17. The van der Waals surface area contributed by atoms with Crippen LogP contribution >= 0.6 is 0 Å². The number of likely N-dealkylation sites (tertiary alicyclic amines) is 1. The number of benzene rings is 1. The molecule has 4 nitrogen and oxygen atoms in total. The minimum Gasteiger partial charge on any atom is -0.325 e. The van der Waals surface area contributed by atoms with Crippen molar-refractivity contribution in [2.24, 2.45) is 0 Å². The second-order valence-electron chi connectivity index (χ2n) is 5.31. The first-order chi connectivity index (χ1) is 9.74. The van der Waals surface area contributed by atoms with E-state index in [0.29, 0.717) is 0 Å². The highest BCUT2D eigenvalue weighted by molar-refractivity contribution is 5.99. The number of amides is 2. The molecule has 1 aliphatic rings. The van der Waals surface area contributed by atoms with E-state index in [1.165, 1.54) is 6.42 Å². The van der Waals surface area contributed by atoms with E-state index < -0.39 is 0 Å². The Morgan fingerprint density at radius 3 is 2.75 bits per heavy atom. The van der Waals surface area contributed by atoms with Crippen molar-refractivity contribution in [3.05, 3.63) is 36.0 Å². The molecule has 0 spiro atoms. The second kappa shape index (κ2) is 5.49. The number of piperidine rings is 1. The monoisotopic (exact) mass is 269 g/mol. The van der Waals surface area contributed by atoms with Crippen molar-refractivity contribution < 1.29 is 4.79 Å². The van der Waals surface area contributed by atoms with Gasteiger partial charge in [-0.2, -0.15) is 0 Å². The van der Waals surface area contributed by atoms with Crippen LogP contribution in [0.5, 0.6) is 0 Å². The standard InChI is InChI=1S/C16H19N3O/c1-12-8-9-13-6-5-7-14(15(13)17-12)18-16(20)19-10-3-2-4-11-19/h5-9H,2-4,10-11H2,1H3,(H,18,20). The van der Waals surface area contributed by atoms with Gasteiger partial charge in [-0.3, -0.25) is 4.98 Å². The number of carbonyl (C=O) groups is 1. The Labute approximate surface area is 118 Å². The van der Waals surface area contributed by atoms with Crippen LogP contribution < -0.4 is 5.32 Å². The van der Waals surface area contributed by atoms with E-state index in [-0.39, 0.29) is 6.03 Å². The predicted molar refractivity (Wildman–Crippen MR) is 80.9 cm³/mol. The third-order valence-corrected chi connectivity index (χ3v) is 3.74. The summed E-state index contributed by atoms with van der Waals surface area (Å²) >= 11 is 0. The van der Waals surface area contributed by atoms with E-state index in [0.717, 1.165) is 48.2 Å². The van der Waals surface area contributed by atoms with Crippen molar-refractivity contribution >= 4 is 22.6 Å². The number of hydrogen-bond acceptors (Lipinski definition) is 2. The number of urea groups is 1. The van der Waals surface area contributed by atoms with Crippen molar-refractivity contribution in [2.45, 2.75) is 26.2 Å². The van der Waals surface area contributed by atoms with Gasteiger partial charge in [-0.05, 0) is 38.3 Å². The molecule has 0 bridgehead atoms. The summed E-state index contributed by atoms with van der Waals surface area (Å²) in [5.41, 5.74) is 2.61. The lowest BCUT2D eigenvalue weighted by molar-refractivity contribution is 0.200. The van der Waals surface area contributed by atoms with Gasteiger partial charge in [0.1, 0.15) is 0 Å². The van der Waals surface area contributed by atoms with Gasteiger partial charge in [-0.15, -0.1) is 0 Å². The predicted octanol–water partition coefficient (Wildman–Crippen LogP) is 3.56. The fourth-order valence-electron chi connectivity index (χ4n) is 2.64. The lowest BCUT2D eigenvalue weighted by Gasteiger charge is -2.26. The Morgan fingerprint density at radius 1 is 1.15 bits per heavy atom. The Kier molecular flexibility index (Phi) is 3.54. The second-order valence-corrected chi connectivity index (χ2v) is 5.31. The summed E-state index contributed by atoms with van der Waals surface area (Å²) in [6.07, 6.45) is 3.42. The van der Waals surface area contributed by atoms with Gasteiger partial charge >= 0.3 is 6.03 Å². The normalized spacial score (nSPS) is 15.3. The fourth-order valence-corrected chi connectivity index (χ4v) is 2.64. The number of rotatable bonds is 1. The molecular weight excluding hydrogens is 250 g/mol. The van der Waals surface area contributed by atoms with Crippen molar-refractivity contribution in [3.63, 3.8) is 0 Å². The number of anilines is 1. The summed E-state index contributed by atoms with van der Waals surface area (Å²) in [5, 5.41) is 4.05. The van der Waals surface area contributed by atoms with E-state index in [1.54, 1.807) is 0 Å². The zero-order valence-electron chi connectivity index (χ0n) is 11.7. The highest BCUT2D eigenvalue weighted by Crippen LogP contribution is 2.22. The number of pyridine rings is 1. The van der Waals surface area contributed by atoms with Crippen LogP contribution in [-0.2, 0) is 0 Å². The molecule has 0 saturated carbocycles. The lowest BCUT2D eigenvalue weighted by Crippen LogP contribution is -2.38. The van der Waals surface area contributed by atoms with E-state index in [2.05, 4.69) is 10.3 Å². The van der Waals surface area contributed by atoms with Gasteiger partial charge in [0.2, 0.25) is 0 Å². The first-order valence-electron chi connectivity index (χ1n) is 7.16. The molecule has 2 aromatic rings. The van der Waals surface area contributed by atoms with Gasteiger partial charge in [0.15, 0.2) is 0 Å². The molecule has 20 heavy (non-hydrogen) atoms. The molecule has 1 saturated heterocycles. The number of aromatic nitrogens is 1. The summed E-state index contributed by atoms with van der Waals surface area (Å²) in [5.74, 6) is 0. The molecule has 2 heterocycles. The fraction of sp³-hybridized carbons (Fsp3) is 0.375. The van der Waals surface area contributed by atoms with Crippen molar-refractivity contribution in [1.82, 2.24) is 9.88 Å². The number of aryl methyl sites for hydroxylation is 1. The zero-order valence-corrected chi connectivity index (χ0v) is 11.7. The maximum Gasteiger partial charge on any atom is 0.321 e. The van der Waals surface area contributed by atoms with Crippen LogP contribution in [0.25, 0.3) is 10.9 Å². The molecule has 2 amide bonds. The molecular formula is C16H19N3O. The Balaban J connectivity index is 1.86. The summed E-state index contributed by atoms with van der Waals surface area (Å²) in [6.45, 7) is 3.66. The molecule has 104 valence electrons. The summed E-state index contributed by atoms with van der Waals surface area (Å²) in [6, 6.07) is 9.88. The topological polar surface area (TPSA) is 45.2 Å². The summed E-state index contributed by atoms with van der Waals surface area (Å²) in [4.78, 5) is 18.7. The van der Waals surface area contributed by atoms with Gasteiger partial charge in [0.05, 0.1) is 11.2 Å². The average molecular weight is 269 g/mol. The maximum atomic E-state index is 12.3. The van der Waals surface area contributed by atoms with Crippen LogP contribution in [-0.4, -0.2) is 29.0 Å². The smallest absolute Gasteiger partial charge is 0.321 e. The van der Waals surface area contributed by atoms with Gasteiger partial charge in [0.25, 0.3) is 0 Å². The number of carbonyl (C=O) groups excluding carboxylic acids is 1. The molecule has 4 heteroatoms. The minimum absolute atomic E-state index is 0.0134. The van der Waals surface area contributed by atoms with E-state index >= 15 is 0 Å². The van der Waals surface area contributed by atoms with Gasteiger partial charge in [0, 0.05) is 24.2 Å². The SMILES string of the molecule is Cc1ccc2cccc(NC(=O)N3CCCCC3)c2n1. The lowest BCUT2D eigenvalue weighted by atomic mass is 10.1. The third kappa shape index (κ3) is 2.59. The molecule has 0 unspecified atom stereocenters. The summed E-state index contributed by atoms with van der Waals surface area (Å²) < 4.78 is 0. The molecule has 1 aliphatic heterocycles. The van der Waals surface area contributed by atoms with Crippen molar-refractivity contribution in [1.29, 1.82) is 0 Å². The number of nitrogens with zero attached hydrogens (tertiary/aromatic N) is 2. The summed E-state index contributed by atoms with van der Waals surface area (Å²) in [7, 11) is 0. The first kappa shape index (κ1) is 12.9. The van der Waals surface area contributed by atoms with E-state index in [9.17, 15) is 4.79 Å². The quantitative estimate of drug-likeness (QED) is 0.860. The Bertz CT molecular complexity index is 633. The first-order valence-corrected chi connectivity index (χ1v) is 7.16. The molecule has 1 N–H and O–H groups in total. The Hall–Kier alpha value is -2.10. The Morgan fingerprint density at radius 2 is 1.95 bits per heavy atom. The van der Waals surface area contributed by atoms with Crippen molar-refractivity contribution in [2.75, 3.05) is 18.4 Å². The molecule has 1 aromatic carbocycles. The van der Waals surface area contributed by atoms with Crippen LogP contribution in [0.2, 0.25) is 0 Å². The molecule has 0 aliphatic carbocycles. The van der Waals surface area contributed by atoms with Crippen LogP contribution in [0.4, 0.5) is 10.5 Å². The van der Waals surface area contributed by atoms with Crippen LogP contribution in [0.3, 0.4) is 0 Å². The number of fused-ring (bicyclic) bond motifs is 1. The number of hydrogen-bond donors (Lipinski definition) is 1.